The molecule has 0 saturated carbocycles. The van der Waals surface area contributed by atoms with Crippen LogP contribution in [0.4, 0.5) is 14.5 Å². The highest BCUT2D eigenvalue weighted by Crippen LogP contribution is 2.27. The SMILES string of the molecule is CCCn1cc(C(=O)N2CCCN(C)CCCN(C(=O)CC)c3cc(F)c(F)cc3C2)cn1. The molecule has 9 heteroatoms. The van der Waals surface area contributed by atoms with Gasteiger partial charge in [-0.3, -0.25) is 14.3 Å². The number of carbonyl (C=O) groups is 2. The Hall–Kier alpha value is -2.81. The van der Waals surface area contributed by atoms with Crippen LogP contribution in [0.1, 0.15) is 55.5 Å². The minimum absolute atomic E-state index is 0.0710. The van der Waals surface area contributed by atoms with E-state index in [0.717, 1.165) is 38.1 Å². The number of aryl methyl sites for hydroxylation is 1. The molecule has 2 heterocycles. The number of benzene rings is 1. The Morgan fingerprint density at radius 1 is 1.03 bits per heavy atom. The number of anilines is 1. The van der Waals surface area contributed by atoms with E-state index in [2.05, 4.69) is 10.00 Å². The monoisotopic (exact) mass is 461 g/mol. The summed E-state index contributed by atoms with van der Waals surface area (Å²) in [5.41, 5.74) is 1.19. The van der Waals surface area contributed by atoms with E-state index in [-0.39, 0.29) is 24.8 Å². The summed E-state index contributed by atoms with van der Waals surface area (Å²) in [6.07, 6.45) is 5.84. The second-order valence-electron chi connectivity index (χ2n) is 8.52. The van der Waals surface area contributed by atoms with Crippen molar-refractivity contribution in [3.8, 4) is 0 Å². The predicted molar refractivity (Wildman–Crippen MR) is 123 cm³/mol. The molecule has 0 N–H and O–H groups in total. The summed E-state index contributed by atoms with van der Waals surface area (Å²) in [4.78, 5) is 31.4. The van der Waals surface area contributed by atoms with Crippen LogP contribution in [-0.2, 0) is 17.9 Å². The number of rotatable bonds is 4. The number of nitrogens with zero attached hydrogens (tertiary/aromatic N) is 5. The predicted octanol–water partition coefficient (Wildman–Crippen LogP) is 3.68. The Bertz CT molecular complexity index is 978. The zero-order valence-corrected chi connectivity index (χ0v) is 19.7. The van der Waals surface area contributed by atoms with Gasteiger partial charge in [-0.25, -0.2) is 8.78 Å². The van der Waals surface area contributed by atoms with Gasteiger partial charge in [0.1, 0.15) is 0 Å². The average molecular weight is 462 g/mol. The number of amides is 2. The molecule has 1 aromatic heterocycles. The summed E-state index contributed by atoms with van der Waals surface area (Å²) in [7, 11) is 2.00. The van der Waals surface area contributed by atoms with Crippen LogP contribution in [0.2, 0.25) is 0 Å². The third kappa shape index (κ3) is 6.16. The lowest BCUT2D eigenvalue weighted by Gasteiger charge is -2.30. The third-order valence-electron chi connectivity index (χ3n) is 5.89. The zero-order valence-electron chi connectivity index (χ0n) is 19.7. The van der Waals surface area contributed by atoms with Gasteiger partial charge >= 0.3 is 0 Å². The van der Waals surface area contributed by atoms with Crippen LogP contribution in [0.5, 0.6) is 0 Å². The van der Waals surface area contributed by atoms with Crippen LogP contribution in [-0.4, -0.2) is 64.6 Å². The van der Waals surface area contributed by atoms with E-state index in [1.807, 2.05) is 14.0 Å². The Balaban J connectivity index is 2.01. The van der Waals surface area contributed by atoms with E-state index < -0.39 is 11.6 Å². The van der Waals surface area contributed by atoms with Gasteiger partial charge in [0.15, 0.2) is 11.6 Å². The van der Waals surface area contributed by atoms with Crippen molar-refractivity contribution in [1.29, 1.82) is 0 Å². The molecule has 7 nitrogen and oxygen atoms in total. The van der Waals surface area contributed by atoms with Gasteiger partial charge in [-0.1, -0.05) is 13.8 Å². The Morgan fingerprint density at radius 3 is 2.42 bits per heavy atom. The first-order valence-corrected chi connectivity index (χ1v) is 11.6. The Morgan fingerprint density at radius 2 is 1.73 bits per heavy atom. The molecule has 1 aromatic carbocycles. The van der Waals surface area contributed by atoms with E-state index >= 15 is 0 Å². The molecular formula is C24H33F2N5O2. The van der Waals surface area contributed by atoms with E-state index in [1.165, 1.54) is 4.90 Å². The van der Waals surface area contributed by atoms with Crippen LogP contribution in [0.25, 0.3) is 0 Å². The minimum atomic E-state index is -1.01. The highest BCUT2D eigenvalue weighted by atomic mass is 19.2. The summed E-state index contributed by atoms with van der Waals surface area (Å²) in [6, 6.07) is 2.19. The summed E-state index contributed by atoms with van der Waals surface area (Å²) < 4.78 is 30.2. The van der Waals surface area contributed by atoms with Gasteiger partial charge in [-0.15, -0.1) is 0 Å². The van der Waals surface area contributed by atoms with Crippen LogP contribution >= 0.6 is 0 Å². The highest BCUT2D eigenvalue weighted by Gasteiger charge is 2.25. The normalized spacial score (nSPS) is 16.2. The molecule has 0 atom stereocenters. The van der Waals surface area contributed by atoms with E-state index in [1.54, 1.807) is 28.9 Å². The number of hydrogen-bond donors (Lipinski definition) is 0. The lowest BCUT2D eigenvalue weighted by atomic mass is 10.1. The fourth-order valence-corrected chi connectivity index (χ4v) is 4.13. The topological polar surface area (TPSA) is 61.7 Å². The van der Waals surface area contributed by atoms with Crippen molar-refractivity contribution < 1.29 is 18.4 Å². The molecule has 1 aliphatic rings. The molecule has 0 spiro atoms. The molecule has 0 radical (unpaired) electrons. The molecule has 3 rings (SSSR count). The maximum absolute atomic E-state index is 14.3. The third-order valence-corrected chi connectivity index (χ3v) is 5.89. The summed E-state index contributed by atoms with van der Waals surface area (Å²) in [5, 5.41) is 4.25. The molecule has 0 saturated heterocycles. The number of fused-ring (bicyclic) bond motifs is 1. The molecule has 33 heavy (non-hydrogen) atoms. The largest absolute Gasteiger partial charge is 0.334 e. The van der Waals surface area contributed by atoms with Gasteiger partial charge in [0, 0.05) is 44.9 Å². The quantitative estimate of drug-likeness (QED) is 0.697. The van der Waals surface area contributed by atoms with Crippen LogP contribution in [0.3, 0.4) is 0 Å². The number of halogens is 2. The van der Waals surface area contributed by atoms with Crippen molar-refractivity contribution in [1.82, 2.24) is 19.6 Å². The van der Waals surface area contributed by atoms with Crippen LogP contribution < -0.4 is 4.90 Å². The van der Waals surface area contributed by atoms with Crippen molar-refractivity contribution in [2.45, 2.75) is 52.6 Å². The summed E-state index contributed by atoms with van der Waals surface area (Å²) >= 11 is 0. The van der Waals surface area contributed by atoms with Crippen LogP contribution in [0, 0.1) is 11.6 Å². The first-order chi connectivity index (χ1) is 15.8. The zero-order chi connectivity index (χ0) is 24.0. The minimum Gasteiger partial charge on any atom is -0.334 e. The smallest absolute Gasteiger partial charge is 0.257 e. The molecule has 2 amide bonds. The van der Waals surface area contributed by atoms with Gasteiger partial charge in [0.25, 0.3) is 5.91 Å². The molecular weight excluding hydrogens is 428 g/mol. The number of aromatic nitrogens is 2. The van der Waals surface area contributed by atoms with Gasteiger partial charge < -0.3 is 14.7 Å². The maximum atomic E-state index is 14.3. The second-order valence-corrected chi connectivity index (χ2v) is 8.52. The molecule has 0 unspecified atom stereocenters. The average Bonchev–Trinajstić information content (AvgIpc) is 3.25. The van der Waals surface area contributed by atoms with Crippen molar-refractivity contribution in [2.24, 2.45) is 0 Å². The van der Waals surface area contributed by atoms with Crippen LogP contribution in [0.15, 0.2) is 24.5 Å². The lowest BCUT2D eigenvalue weighted by Crippen LogP contribution is -2.38. The van der Waals surface area contributed by atoms with Gasteiger partial charge in [-0.2, -0.15) is 5.10 Å². The van der Waals surface area contributed by atoms with E-state index in [9.17, 15) is 18.4 Å². The van der Waals surface area contributed by atoms with Gasteiger partial charge in [0.2, 0.25) is 5.91 Å². The standard InChI is InChI=1S/C24H33F2N5O2/c1-4-8-30-17-19(15-27-30)24(33)29-11-6-9-28(3)10-7-12-31(23(32)5-2)22-14-21(26)20(25)13-18(22)16-29/h13-15,17H,4-12,16H2,1-3H3. The Labute approximate surface area is 193 Å². The van der Waals surface area contributed by atoms with Crippen molar-refractivity contribution in [2.75, 3.05) is 38.1 Å². The Kier molecular flexibility index (Phi) is 8.55. The highest BCUT2D eigenvalue weighted by molar-refractivity contribution is 5.95. The molecule has 180 valence electrons. The van der Waals surface area contributed by atoms with E-state index in [0.29, 0.717) is 42.9 Å². The van der Waals surface area contributed by atoms with Crippen molar-refractivity contribution >= 4 is 17.5 Å². The summed E-state index contributed by atoms with van der Waals surface area (Å²) in [5.74, 6) is -2.39. The maximum Gasteiger partial charge on any atom is 0.257 e. The molecule has 0 bridgehead atoms. The first-order valence-electron chi connectivity index (χ1n) is 11.6. The molecule has 1 aliphatic heterocycles. The molecule has 0 fully saturated rings. The fourth-order valence-electron chi connectivity index (χ4n) is 4.13. The van der Waals surface area contributed by atoms with Gasteiger partial charge in [0.05, 0.1) is 17.4 Å². The molecule has 0 aliphatic carbocycles. The van der Waals surface area contributed by atoms with Gasteiger partial charge in [-0.05, 0) is 51.0 Å². The number of hydrogen-bond acceptors (Lipinski definition) is 4. The van der Waals surface area contributed by atoms with Crippen molar-refractivity contribution in [3.63, 3.8) is 0 Å². The van der Waals surface area contributed by atoms with E-state index in [4.69, 9.17) is 0 Å². The lowest BCUT2D eigenvalue weighted by molar-refractivity contribution is -0.118. The summed E-state index contributed by atoms with van der Waals surface area (Å²) in [6.45, 7) is 6.93. The first kappa shape index (κ1) is 24.8. The number of carbonyl (C=O) groups excluding carboxylic acids is 2. The fraction of sp³-hybridized carbons (Fsp3) is 0.542. The van der Waals surface area contributed by atoms with Crippen molar-refractivity contribution in [3.05, 3.63) is 47.3 Å². The molecule has 2 aromatic rings. The second kappa shape index (κ2) is 11.4.